The Morgan fingerprint density at radius 1 is 1.00 bits per heavy atom. The van der Waals surface area contributed by atoms with Gasteiger partial charge >= 0.3 is 0 Å². The minimum atomic E-state index is 0.317. The molecule has 1 atom stereocenters. The summed E-state index contributed by atoms with van der Waals surface area (Å²) < 4.78 is 0. The summed E-state index contributed by atoms with van der Waals surface area (Å²) in [5.74, 6) is 1.07. The van der Waals surface area contributed by atoms with Gasteiger partial charge in [0.05, 0.1) is 0 Å². The zero-order valence-electron chi connectivity index (χ0n) is 8.76. The van der Waals surface area contributed by atoms with Crippen LogP contribution in [0.2, 0.25) is 0 Å². The first-order valence-electron chi connectivity index (χ1n) is 4.24. The Labute approximate surface area is 71.3 Å². The van der Waals surface area contributed by atoms with Crippen LogP contribution in [0, 0.1) is 11.8 Å². The van der Waals surface area contributed by atoms with Crippen LogP contribution in [0.25, 0.3) is 0 Å². The molecule has 0 spiro atoms. The summed E-state index contributed by atoms with van der Waals surface area (Å²) in [6, 6.07) is 0. The zero-order valence-corrected chi connectivity index (χ0v) is 8.76. The molecule has 0 aliphatic carbocycles. The molecule has 0 radical (unpaired) electrons. The molecule has 0 aromatic heterocycles. The van der Waals surface area contributed by atoms with Crippen molar-refractivity contribution in [2.24, 2.45) is 11.8 Å². The fraction of sp³-hybridized carbons (Fsp3) is 1.00. The van der Waals surface area contributed by atoms with Gasteiger partial charge in [-0.15, -0.1) is 0 Å². The molecule has 0 aliphatic rings. The molecule has 2 heteroatoms. The van der Waals surface area contributed by atoms with Gasteiger partial charge in [0.2, 0.25) is 0 Å². The predicted molar refractivity (Wildman–Crippen MR) is 50.6 cm³/mol. The van der Waals surface area contributed by atoms with Gasteiger partial charge in [-0.1, -0.05) is 34.6 Å². The smallest absolute Gasteiger partial charge is 0.0459 e. The van der Waals surface area contributed by atoms with Gasteiger partial charge in [-0.3, -0.25) is 0 Å². The van der Waals surface area contributed by atoms with Gasteiger partial charge in [0.25, 0.3) is 0 Å². The van der Waals surface area contributed by atoms with Gasteiger partial charge < -0.3 is 10.2 Å². The highest BCUT2D eigenvalue weighted by molar-refractivity contribution is 4.52. The first-order valence-corrected chi connectivity index (χ1v) is 4.24. The second-order valence-corrected chi connectivity index (χ2v) is 2.40. The van der Waals surface area contributed by atoms with Crippen LogP contribution in [0.3, 0.4) is 0 Å². The number of aliphatic hydroxyl groups excluding tert-OH is 2. The maximum atomic E-state index is 8.51. The molecule has 2 N–H and O–H groups in total. The Morgan fingerprint density at radius 3 is 1.27 bits per heavy atom. The molecule has 0 aliphatic heterocycles. The SMILES string of the molecule is CC.CC(C)C(C)CO.CO. The maximum Gasteiger partial charge on any atom is 0.0459 e. The molecule has 72 valence electrons. The first-order chi connectivity index (χ1) is 5.18. The third-order valence-corrected chi connectivity index (χ3v) is 1.43. The van der Waals surface area contributed by atoms with Gasteiger partial charge in [-0.05, 0) is 11.8 Å². The lowest BCUT2D eigenvalue weighted by atomic mass is 10.00. The Morgan fingerprint density at radius 2 is 1.27 bits per heavy atom. The molecule has 2 nitrogen and oxygen atoms in total. The van der Waals surface area contributed by atoms with E-state index in [-0.39, 0.29) is 0 Å². The molecule has 0 rings (SSSR count). The summed E-state index contributed by atoms with van der Waals surface area (Å²) in [5, 5.41) is 15.5. The second kappa shape index (κ2) is 16.5. The number of hydrogen-bond donors (Lipinski definition) is 2. The molecule has 0 bridgehead atoms. The summed E-state index contributed by atoms with van der Waals surface area (Å²) in [6.45, 7) is 10.6. The highest BCUT2D eigenvalue weighted by atomic mass is 16.3. The summed E-state index contributed by atoms with van der Waals surface area (Å²) in [4.78, 5) is 0. The number of hydrogen-bond acceptors (Lipinski definition) is 2. The summed E-state index contributed by atoms with van der Waals surface area (Å²) in [6.07, 6.45) is 0. The molecule has 11 heavy (non-hydrogen) atoms. The van der Waals surface area contributed by atoms with E-state index >= 15 is 0 Å². The largest absolute Gasteiger partial charge is 0.400 e. The van der Waals surface area contributed by atoms with E-state index in [0.717, 1.165) is 7.11 Å². The average Bonchev–Trinajstić information content (AvgIpc) is 2.10. The Balaban J connectivity index is -0.000000138. The summed E-state index contributed by atoms with van der Waals surface area (Å²) >= 11 is 0. The van der Waals surface area contributed by atoms with Crippen molar-refractivity contribution >= 4 is 0 Å². The van der Waals surface area contributed by atoms with Crippen LogP contribution in [0.5, 0.6) is 0 Å². The maximum absolute atomic E-state index is 8.51. The van der Waals surface area contributed by atoms with Gasteiger partial charge in [0.1, 0.15) is 0 Å². The first kappa shape index (κ1) is 17.1. The molecule has 0 fully saturated rings. The summed E-state index contributed by atoms with van der Waals surface area (Å²) in [7, 11) is 1.00. The molecule has 0 heterocycles. The molecular weight excluding hydrogens is 140 g/mol. The molecule has 0 saturated heterocycles. The van der Waals surface area contributed by atoms with Crippen LogP contribution in [-0.4, -0.2) is 23.9 Å². The quantitative estimate of drug-likeness (QED) is 0.654. The Bertz CT molecular complexity index is 44.8. The van der Waals surface area contributed by atoms with E-state index in [1.165, 1.54) is 0 Å². The molecule has 0 saturated carbocycles. The van der Waals surface area contributed by atoms with Crippen molar-refractivity contribution in [3.05, 3.63) is 0 Å². The van der Waals surface area contributed by atoms with E-state index in [1.54, 1.807) is 0 Å². The van der Waals surface area contributed by atoms with Gasteiger partial charge in [0, 0.05) is 13.7 Å². The highest BCUT2D eigenvalue weighted by Gasteiger charge is 2.02. The van der Waals surface area contributed by atoms with Crippen molar-refractivity contribution in [3.8, 4) is 0 Å². The van der Waals surface area contributed by atoms with Gasteiger partial charge in [-0.25, -0.2) is 0 Å². The van der Waals surface area contributed by atoms with E-state index in [9.17, 15) is 0 Å². The number of rotatable bonds is 2. The minimum absolute atomic E-state index is 0.317. The minimum Gasteiger partial charge on any atom is -0.400 e. The van der Waals surface area contributed by atoms with Crippen LogP contribution >= 0.6 is 0 Å². The van der Waals surface area contributed by atoms with Crippen molar-refractivity contribution in [2.75, 3.05) is 13.7 Å². The monoisotopic (exact) mass is 164 g/mol. The van der Waals surface area contributed by atoms with Crippen molar-refractivity contribution in [1.29, 1.82) is 0 Å². The standard InChI is InChI=1S/C6H14O.C2H6.CH4O/c1-5(2)6(3)4-7;2*1-2/h5-7H,4H2,1-3H3;1-2H3;2H,1H3. The molecule has 0 amide bonds. The van der Waals surface area contributed by atoms with E-state index in [4.69, 9.17) is 10.2 Å². The average molecular weight is 164 g/mol. The van der Waals surface area contributed by atoms with Crippen LogP contribution in [0.1, 0.15) is 34.6 Å². The lowest BCUT2D eigenvalue weighted by Crippen LogP contribution is -2.07. The molecule has 0 aromatic rings. The van der Waals surface area contributed by atoms with Gasteiger partial charge in [0.15, 0.2) is 0 Å². The van der Waals surface area contributed by atoms with Crippen molar-refractivity contribution < 1.29 is 10.2 Å². The van der Waals surface area contributed by atoms with E-state index in [2.05, 4.69) is 13.8 Å². The van der Waals surface area contributed by atoms with Gasteiger partial charge in [-0.2, -0.15) is 0 Å². The summed E-state index contributed by atoms with van der Waals surface area (Å²) in [5.41, 5.74) is 0. The Hall–Kier alpha value is -0.0800. The molecule has 1 unspecified atom stereocenters. The fourth-order valence-electron chi connectivity index (χ4n) is 0.211. The van der Waals surface area contributed by atoms with Crippen LogP contribution in [-0.2, 0) is 0 Å². The van der Waals surface area contributed by atoms with Crippen LogP contribution < -0.4 is 0 Å². The van der Waals surface area contributed by atoms with Crippen LogP contribution in [0.15, 0.2) is 0 Å². The lowest BCUT2D eigenvalue weighted by Gasteiger charge is -2.09. The third kappa shape index (κ3) is 17.8. The third-order valence-electron chi connectivity index (χ3n) is 1.43. The predicted octanol–water partition coefficient (Wildman–Crippen LogP) is 1.91. The molecular formula is C9H24O2. The van der Waals surface area contributed by atoms with E-state index < -0.39 is 0 Å². The highest BCUT2D eigenvalue weighted by Crippen LogP contribution is 2.06. The van der Waals surface area contributed by atoms with E-state index in [1.807, 2.05) is 20.8 Å². The topological polar surface area (TPSA) is 40.5 Å². The van der Waals surface area contributed by atoms with Crippen molar-refractivity contribution in [2.45, 2.75) is 34.6 Å². The number of aliphatic hydroxyl groups is 2. The zero-order chi connectivity index (χ0) is 9.86. The lowest BCUT2D eigenvalue weighted by molar-refractivity contribution is 0.203. The molecule has 0 aromatic carbocycles. The second-order valence-electron chi connectivity index (χ2n) is 2.40. The van der Waals surface area contributed by atoms with Crippen molar-refractivity contribution in [1.82, 2.24) is 0 Å². The fourth-order valence-corrected chi connectivity index (χ4v) is 0.211. The normalized spacial score (nSPS) is 10.6. The van der Waals surface area contributed by atoms with Crippen molar-refractivity contribution in [3.63, 3.8) is 0 Å². The van der Waals surface area contributed by atoms with Crippen LogP contribution in [0.4, 0.5) is 0 Å². The Kier molecular flexibility index (Phi) is 25.7. The van der Waals surface area contributed by atoms with E-state index in [0.29, 0.717) is 18.4 Å².